The topological polar surface area (TPSA) is 67.4 Å². The largest absolute Gasteiger partial charge is 0.467 e. The highest BCUT2D eigenvalue weighted by Gasteiger charge is 2.37. The SMILES string of the molecule is COC(=O)C(NC(=O)C1(C)CCCNC1)c1ccccc1. The van der Waals surface area contributed by atoms with Crippen molar-refractivity contribution in [3.8, 4) is 0 Å². The summed E-state index contributed by atoms with van der Waals surface area (Å²) >= 11 is 0. The Bertz CT molecular complexity index is 496. The predicted molar refractivity (Wildman–Crippen MR) is 79.6 cm³/mol. The van der Waals surface area contributed by atoms with E-state index in [2.05, 4.69) is 10.6 Å². The third-order valence-corrected chi connectivity index (χ3v) is 3.99. The summed E-state index contributed by atoms with van der Waals surface area (Å²) in [7, 11) is 1.33. The molecule has 2 atom stereocenters. The molecule has 0 aliphatic carbocycles. The average molecular weight is 290 g/mol. The molecule has 114 valence electrons. The van der Waals surface area contributed by atoms with Crippen LogP contribution < -0.4 is 10.6 Å². The molecule has 0 radical (unpaired) electrons. The molecule has 0 saturated carbocycles. The molecule has 21 heavy (non-hydrogen) atoms. The van der Waals surface area contributed by atoms with Gasteiger partial charge >= 0.3 is 5.97 Å². The molecule has 5 nitrogen and oxygen atoms in total. The van der Waals surface area contributed by atoms with Crippen LogP contribution in [-0.2, 0) is 14.3 Å². The molecule has 1 aromatic rings. The van der Waals surface area contributed by atoms with Crippen molar-refractivity contribution < 1.29 is 14.3 Å². The second-order valence-corrected chi connectivity index (χ2v) is 5.68. The number of esters is 1. The summed E-state index contributed by atoms with van der Waals surface area (Å²) in [6, 6.07) is 8.39. The first-order valence-corrected chi connectivity index (χ1v) is 7.21. The van der Waals surface area contributed by atoms with E-state index in [1.54, 1.807) is 0 Å². The molecule has 1 aromatic carbocycles. The molecule has 5 heteroatoms. The third kappa shape index (κ3) is 3.61. The summed E-state index contributed by atoms with van der Waals surface area (Å²) in [5.41, 5.74) is 0.240. The van der Waals surface area contributed by atoms with Crippen LogP contribution in [0.3, 0.4) is 0 Å². The van der Waals surface area contributed by atoms with Crippen molar-refractivity contribution in [2.75, 3.05) is 20.2 Å². The van der Waals surface area contributed by atoms with Crippen LogP contribution in [0.25, 0.3) is 0 Å². The van der Waals surface area contributed by atoms with Gasteiger partial charge in [-0.2, -0.15) is 0 Å². The minimum Gasteiger partial charge on any atom is -0.467 e. The number of rotatable bonds is 4. The van der Waals surface area contributed by atoms with Crippen molar-refractivity contribution in [2.45, 2.75) is 25.8 Å². The maximum absolute atomic E-state index is 12.6. The first-order valence-electron chi connectivity index (χ1n) is 7.21. The van der Waals surface area contributed by atoms with E-state index in [9.17, 15) is 9.59 Å². The number of carbonyl (C=O) groups excluding carboxylic acids is 2. The van der Waals surface area contributed by atoms with Crippen LogP contribution in [0.5, 0.6) is 0 Å². The number of methoxy groups -OCH3 is 1. The van der Waals surface area contributed by atoms with Crippen LogP contribution >= 0.6 is 0 Å². The number of hydrogen-bond acceptors (Lipinski definition) is 4. The van der Waals surface area contributed by atoms with E-state index in [1.807, 2.05) is 37.3 Å². The summed E-state index contributed by atoms with van der Waals surface area (Å²) < 4.78 is 4.82. The first kappa shape index (κ1) is 15.5. The van der Waals surface area contributed by atoms with Crippen molar-refractivity contribution in [3.63, 3.8) is 0 Å². The van der Waals surface area contributed by atoms with E-state index in [4.69, 9.17) is 4.74 Å². The van der Waals surface area contributed by atoms with Crippen LogP contribution in [0.1, 0.15) is 31.4 Å². The fraction of sp³-hybridized carbons (Fsp3) is 0.500. The van der Waals surface area contributed by atoms with E-state index in [0.29, 0.717) is 6.54 Å². The van der Waals surface area contributed by atoms with Crippen LogP contribution in [-0.4, -0.2) is 32.1 Å². The Hall–Kier alpha value is -1.88. The molecule has 1 fully saturated rings. The molecule has 0 bridgehead atoms. The van der Waals surface area contributed by atoms with E-state index in [1.165, 1.54) is 7.11 Å². The molecule has 2 N–H and O–H groups in total. The number of carbonyl (C=O) groups is 2. The normalized spacial score (nSPS) is 23.1. The van der Waals surface area contributed by atoms with Crippen molar-refractivity contribution in [3.05, 3.63) is 35.9 Å². The van der Waals surface area contributed by atoms with Gasteiger partial charge in [-0.1, -0.05) is 30.3 Å². The first-order chi connectivity index (χ1) is 10.1. The minimum absolute atomic E-state index is 0.117. The van der Waals surface area contributed by atoms with Gasteiger partial charge < -0.3 is 15.4 Å². The molecule has 0 aromatic heterocycles. The number of amides is 1. The van der Waals surface area contributed by atoms with E-state index in [-0.39, 0.29) is 5.91 Å². The number of ether oxygens (including phenoxy) is 1. The lowest BCUT2D eigenvalue weighted by Gasteiger charge is -2.33. The molecular weight excluding hydrogens is 268 g/mol. The standard InChI is InChI=1S/C16H22N2O3/c1-16(9-6-10-17-11-16)15(20)18-13(14(19)21-2)12-7-4-3-5-8-12/h3-5,7-8,13,17H,6,9-11H2,1-2H3,(H,18,20). The Morgan fingerprint density at radius 2 is 2.05 bits per heavy atom. The summed E-state index contributed by atoms with van der Waals surface area (Å²) in [6.07, 6.45) is 1.77. The number of nitrogens with one attached hydrogen (secondary N) is 2. The lowest BCUT2D eigenvalue weighted by molar-refractivity contribution is -0.147. The van der Waals surface area contributed by atoms with Crippen LogP contribution in [0, 0.1) is 5.41 Å². The Morgan fingerprint density at radius 3 is 2.62 bits per heavy atom. The van der Waals surface area contributed by atoms with Crippen molar-refractivity contribution in [1.82, 2.24) is 10.6 Å². The van der Waals surface area contributed by atoms with Gasteiger partial charge in [-0.25, -0.2) is 4.79 Å². The van der Waals surface area contributed by atoms with E-state index < -0.39 is 17.4 Å². The summed E-state index contributed by atoms with van der Waals surface area (Å²) in [6.45, 7) is 3.48. The van der Waals surface area contributed by atoms with E-state index >= 15 is 0 Å². The molecule has 1 aliphatic heterocycles. The lowest BCUT2D eigenvalue weighted by Crippen LogP contribution is -2.50. The predicted octanol–water partition coefficient (Wildman–Crippen LogP) is 1.41. The van der Waals surface area contributed by atoms with Gasteiger partial charge in [0.05, 0.1) is 12.5 Å². The van der Waals surface area contributed by atoms with Gasteiger partial charge in [0.25, 0.3) is 0 Å². The molecule has 1 aliphatic rings. The van der Waals surface area contributed by atoms with Crippen molar-refractivity contribution >= 4 is 11.9 Å². The molecule has 2 rings (SSSR count). The second kappa shape index (κ2) is 6.72. The zero-order valence-electron chi connectivity index (χ0n) is 12.5. The fourth-order valence-corrected chi connectivity index (χ4v) is 2.60. The zero-order chi connectivity index (χ0) is 15.3. The summed E-state index contributed by atoms with van der Waals surface area (Å²) in [4.78, 5) is 24.5. The zero-order valence-corrected chi connectivity index (χ0v) is 12.5. The molecule has 0 spiro atoms. The van der Waals surface area contributed by atoms with Gasteiger partial charge in [0.1, 0.15) is 0 Å². The quantitative estimate of drug-likeness (QED) is 0.823. The van der Waals surface area contributed by atoms with Gasteiger partial charge in [0.15, 0.2) is 6.04 Å². The molecular formula is C16H22N2O3. The van der Waals surface area contributed by atoms with Crippen LogP contribution in [0.2, 0.25) is 0 Å². The molecule has 2 unspecified atom stereocenters. The van der Waals surface area contributed by atoms with Gasteiger partial charge in [-0.15, -0.1) is 0 Å². The minimum atomic E-state index is -0.762. The smallest absolute Gasteiger partial charge is 0.333 e. The second-order valence-electron chi connectivity index (χ2n) is 5.68. The van der Waals surface area contributed by atoms with Crippen LogP contribution in [0.15, 0.2) is 30.3 Å². The fourth-order valence-electron chi connectivity index (χ4n) is 2.60. The Balaban J connectivity index is 2.15. The maximum Gasteiger partial charge on any atom is 0.333 e. The van der Waals surface area contributed by atoms with Crippen molar-refractivity contribution in [2.24, 2.45) is 5.41 Å². The third-order valence-electron chi connectivity index (χ3n) is 3.99. The number of piperidine rings is 1. The lowest BCUT2D eigenvalue weighted by atomic mass is 9.81. The van der Waals surface area contributed by atoms with Gasteiger partial charge in [0, 0.05) is 6.54 Å². The van der Waals surface area contributed by atoms with E-state index in [0.717, 1.165) is 24.9 Å². The van der Waals surface area contributed by atoms with Crippen LogP contribution in [0.4, 0.5) is 0 Å². The number of hydrogen-bond donors (Lipinski definition) is 2. The highest BCUT2D eigenvalue weighted by Crippen LogP contribution is 2.27. The van der Waals surface area contributed by atoms with Gasteiger partial charge in [-0.05, 0) is 31.9 Å². The summed E-state index contributed by atoms with van der Waals surface area (Å²) in [5.74, 6) is -0.573. The summed E-state index contributed by atoms with van der Waals surface area (Å²) in [5, 5.41) is 6.08. The van der Waals surface area contributed by atoms with Gasteiger partial charge in [-0.3, -0.25) is 4.79 Å². The highest BCUT2D eigenvalue weighted by atomic mass is 16.5. The highest BCUT2D eigenvalue weighted by molar-refractivity contribution is 5.88. The average Bonchev–Trinajstić information content (AvgIpc) is 2.53. The number of benzene rings is 1. The Morgan fingerprint density at radius 1 is 1.33 bits per heavy atom. The Labute approximate surface area is 125 Å². The molecule has 1 saturated heterocycles. The monoisotopic (exact) mass is 290 g/mol. The molecule has 1 amide bonds. The van der Waals surface area contributed by atoms with Crippen molar-refractivity contribution in [1.29, 1.82) is 0 Å². The van der Waals surface area contributed by atoms with Gasteiger partial charge in [0.2, 0.25) is 5.91 Å². The maximum atomic E-state index is 12.6. The Kier molecular flexibility index (Phi) is 4.96. The molecule has 1 heterocycles.